The SMILES string of the molecule is CC(C)(C)NCCCN1CCN(c2cccc(Cl)c2)CC1. The summed E-state index contributed by atoms with van der Waals surface area (Å²) in [6, 6.07) is 8.17. The van der Waals surface area contributed by atoms with Crippen LogP contribution < -0.4 is 10.2 Å². The van der Waals surface area contributed by atoms with Crippen molar-refractivity contribution in [2.45, 2.75) is 32.7 Å². The van der Waals surface area contributed by atoms with Gasteiger partial charge in [-0.15, -0.1) is 0 Å². The Bertz CT molecular complexity index is 434. The molecular formula is C17H28ClN3. The number of anilines is 1. The minimum absolute atomic E-state index is 0.227. The van der Waals surface area contributed by atoms with Crippen molar-refractivity contribution in [3.8, 4) is 0 Å². The maximum atomic E-state index is 6.07. The van der Waals surface area contributed by atoms with Crippen LogP contribution in [-0.4, -0.2) is 49.7 Å². The number of halogens is 1. The summed E-state index contributed by atoms with van der Waals surface area (Å²) in [5, 5.41) is 4.37. The van der Waals surface area contributed by atoms with Crippen LogP contribution >= 0.6 is 11.6 Å². The molecule has 0 aromatic heterocycles. The highest BCUT2D eigenvalue weighted by Gasteiger charge is 2.17. The van der Waals surface area contributed by atoms with E-state index in [1.807, 2.05) is 12.1 Å². The molecule has 0 radical (unpaired) electrons. The van der Waals surface area contributed by atoms with Gasteiger partial charge in [0.15, 0.2) is 0 Å². The first-order chi connectivity index (χ1) is 9.94. The zero-order valence-corrected chi connectivity index (χ0v) is 14.3. The van der Waals surface area contributed by atoms with E-state index in [-0.39, 0.29) is 5.54 Å². The van der Waals surface area contributed by atoms with Crippen molar-refractivity contribution in [2.75, 3.05) is 44.2 Å². The van der Waals surface area contributed by atoms with Crippen LogP contribution in [0.3, 0.4) is 0 Å². The number of hydrogen-bond donors (Lipinski definition) is 1. The highest BCUT2D eigenvalue weighted by Crippen LogP contribution is 2.20. The third kappa shape index (κ3) is 5.85. The molecule has 0 unspecified atom stereocenters. The lowest BCUT2D eigenvalue weighted by Crippen LogP contribution is -2.47. The van der Waals surface area contributed by atoms with Gasteiger partial charge in [-0.25, -0.2) is 0 Å². The van der Waals surface area contributed by atoms with E-state index in [0.29, 0.717) is 0 Å². The first kappa shape index (κ1) is 16.6. The van der Waals surface area contributed by atoms with E-state index in [1.54, 1.807) is 0 Å². The van der Waals surface area contributed by atoms with Crippen molar-refractivity contribution in [3.63, 3.8) is 0 Å². The molecule has 1 fully saturated rings. The highest BCUT2D eigenvalue weighted by molar-refractivity contribution is 6.30. The van der Waals surface area contributed by atoms with Crippen LogP contribution in [0.4, 0.5) is 5.69 Å². The number of nitrogens with zero attached hydrogens (tertiary/aromatic N) is 2. The van der Waals surface area contributed by atoms with Crippen molar-refractivity contribution in [1.82, 2.24) is 10.2 Å². The van der Waals surface area contributed by atoms with Crippen molar-refractivity contribution in [1.29, 1.82) is 0 Å². The molecule has 0 amide bonds. The minimum Gasteiger partial charge on any atom is -0.369 e. The van der Waals surface area contributed by atoms with Crippen molar-refractivity contribution < 1.29 is 0 Å². The van der Waals surface area contributed by atoms with Gasteiger partial charge in [0.05, 0.1) is 0 Å². The summed E-state index contributed by atoms with van der Waals surface area (Å²) in [7, 11) is 0. The van der Waals surface area contributed by atoms with Gasteiger partial charge in [0.1, 0.15) is 0 Å². The lowest BCUT2D eigenvalue weighted by molar-refractivity contribution is 0.250. The van der Waals surface area contributed by atoms with Crippen LogP contribution in [0.5, 0.6) is 0 Å². The van der Waals surface area contributed by atoms with Gasteiger partial charge in [0.2, 0.25) is 0 Å². The maximum absolute atomic E-state index is 6.07. The van der Waals surface area contributed by atoms with E-state index >= 15 is 0 Å². The van der Waals surface area contributed by atoms with Crippen LogP contribution in [-0.2, 0) is 0 Å². The molecule has 21 heavy (non-hydrogen) atoms. The van der Waals surface area contributed by atoms with E-state index < -0.39 is 0 Å². The standard InChI is InChI=1S/C17H28ClN3/c1-17(2,3)19-8-5-9-20-10-12-21(13-11-20)16-7-4-6-15(18)14-16/h4,6-7,14,19H,5,8-13H2,1-3H3. The molecule has 1 saturated heterocycles. The Morgan fingerprint density at radius 2 is 1.86 bits per heavy atom. The summed E-state index contributed by atoms with van der Waals surface area (Å²) < 4.78 is 0. The molecule has 1 aliphatic rings. The molecule has 1 aromatic carbocycles. The van der Waals surface area contributed by atoms with Gasteiger partial charge in [-0.1, -0.05) is 17.7 Å². The Labute approximate surface area is 134 Å². The molecule has 0 aliphatic carbocycles. The third-order valence-electron chi connectivity index (χ3n) is 3.85. The lowest BCUT2D eigenvalue weighted by atomic mass is 10.1. The molecule has 1 aliphatic heterocycles. The van der Waals surface area contributed by atoms with Crippen LogP contribution in [0.25, 0.3) is 0 Å². The summed E-state index contributed by atoms with van der Waals surface area (Å²) in [5.74, 6) is 0. The molecule has 3 nitrogen and oxygen atoms in total. The number of rotatable bonds is 5. The maximum Gasteiger partial charge on any atom is 0.0426 e. The minimum atomic E-state index is 0.227. The smallest absolute Gasteiger partial charge is 0.0426 e. The Morgan fingerprint density at radius 3 is 2.48 bits per heavy atom. The van der Waals surface area contributed by atoms with Crippen molar-refractivity contribution in [3.05, 3.63) is 29.3 Å². The van der Waals surface area contributed by atoms with Crippen LogP contribution in [0.15, 0.2) is 24.3 Å². The average Bonchev–Trinajstić information content (AvgIpc) is 2.43. The molecule has 1 aromatic rings. The molecule has 0 bridgehead atoms. The fraction of sp³-hybridized carbons (Fsp3) is 0.647. The first-order valence-electron chi connectivity index (χ1n) is 7.92. The molecular weight excluding hydrogens is 282 g/mol. The Kier molecular flexibility index (Phi) is 5.91. The Balaban J connectivity index is 1.69. The largest absolute Gasteiger partial charge is 0.369 e. The molecule has 0 saturated carbocycles. The Hall–Kier alpha value is -0.770. The summed E-state index contributed by atoms with van der Waals surface area (Å²) in [6.45, 7) is 13.4. The number of nitrogens with one attached hydrogen (secondary N) is 1. The normalized spacial score (nSPS) is 17.2. The third-order valence-corrected chi connectivity index (χ3v) is 4.09. The van der Waals surface area contributed by atoms with Crippen LogP contribution in [0, 0.1) is 0 Å². The molecule has 1 N–H and O–H groups in total. The Morgan fingerprint density at radius 1 is 1.14 bits per heavy atom. The number of benzene rings is 1. The molecule has 1 heterocycles. The van der Waals surface area contributed by atoms with Crippen LogP contribution in [0.2, 0.25) is 5.02 Å². The average molecular weight is 310 g/mol. The fourth-order valence-electron chi connectivity index (χ4n) is 2.67. The second kappa shape index (κ2) is 7.48. The number of piperazine rings is 1. The van der Waals surface area contributed by atoms with Crippen molar-refractivity contribution >= 4 is 17.3 Å². The summed E-state index contributed by atoms with van der Waals surface area (Å²) in [4.78, 5) is 4.99. The lowest BCUT2D eigenvalue weighted by Gasteiger charge is -2.36. The fourth-order valence-corrected chi connectivity index (χ4v) is 2.85. The number of hydrogen-bond acceptors (Lipinski definition) is 3. The molecule has 2 rings (SSSR count). The molecule has 0 atom stereocenters. The zero-order chi connectivity index (χ0) is 15.3. The molecule has 118 valence electrons. The van der Waals surface area contributed by atoms with E-state index in [4.69, 9.17) is 11.6 Å². The monoisotopic (exact) mass is 309 g/mol. The zero-order valence-electron chi connectivity index (χ0n) is 13.5. The van der Waals surface area contributed by atoms with Gasteiger partial charge in [-0.2, -0.15) is 0 Å². The second-order valence-corrected chi connectivity index (χ2v) is 7.28. The second-order valence-electron chi connectivity index (χ2n) is 6.84. The molecule has 0 spiro atoms. The predicted octanol–water partition coefficient (Wildman–Crippen LogP) is 3.24. The van der Waals surface area contributed by atoms with Gasteiger partial charge < -0.3 is 10.2 Å². The van der Waals surface area contributed by atoms with E-state index in [2.05, 4.69) is 48.0 Å². The summed E-state index contributed by atoms with van der Waals surface area (Å²) >= 11 is 6.07. The van der Waals surface area contributed by atoms with E-state index in [0.717, 1.165) is 37.7 Å². The van der Waals surface area contributed by atoms with Gasteiger partial charge in [-0.05, 0) is 58.5 Å². The van der Waals surface area contributed by atoms with Gasteiger partial charge in [0, 0.05) is 42.4 Å². The summed E-state index contributed by atoms with van der Waals surface area (Å²) in [6.07, 6.45) is 1.22. The molecule has 4 heteroatoms. The van der Waals surface area contributed by atoms with Crippen molar-refractivity contribution in [2.24, 2.45) is 0 Å². The van der Waals surface area contributed by atoms with Gasteiger partial charge in [0.25, 0.3) is 0 Å². The quantitative estimate of drug-likeness (QED) is 0.842. The van der Waals surface area contributed by atoms with Crippen LogP contribution in [0.1, 0.15) is 27.2 Å². The topological polar surface area (TPSA) is 18.5 Å². The van der Waals surface area contributed by atoms with Gasteiger partial charge in [-0.3, -0.25) is 4.90 Å². The van der Waals surface area contributed by atoms with E-state index in [9.17, 15) is 0 Å². The predicted molar refractivity (Wildman–Crippen MR) is 92.5 cm³/mol. The summed E-state index contributed by atoms with van der Waals surface area (Å²) in [5.41, 5.74) is 1.47. The van der Waals surface area contributed by atoms with E-state index in [1.165, 1.54) is 18.7 Å². The van der Waals surface area contributed by atoms with Gasteiger partial charge >= 0.3 is 0 Å². The highest BCUT2D eigenvalue weighted by atomic mass is 35.5. The first-order valence-corrected chi connectivity index (χ1v) is 8.30.